The fourth-order valence-electron chi connectivity index (χ4n) is 3.37. The lowest BCUT2D eigenvalue weighted by Crippen LogP contribution is -2.33. The molecule has 0 heterocycles. The molecule has 0 saturated heterocycles. The van der Waals surface area contributed by atoms with Crippen LogP contribution in [0.25, 0.3) is 0 Å². The lowest BCUT2D eigenvalue weighted by atomic mass is 9.92. The maximum atomic E-state index is 12.8. The van der Waals surface area contributed by atoms with Gasteiger partial charge in [0.05, 0.1) is 0 Å². The minimum Gasteiger partial charge on any atom is -0.377 e. The van der Waals surface area contributed by atoms with Gasteiger partial charge in [-0.1, -0.05) is 51.1 Å². The molecule has 6 heteroatoms. The molecule has 0 unspecified atom stereocenters. The maximum Gasteiger partial charge on any atom is 0.249 e. The summed E-state index contributed by atoms with van der Waals surface area (Å²) in [5.74, 6) is -0.106. The Morgan fingerprint density at radius 3 is 2.26 bits per heavy atom. The molecule has 2 aromatic rings. The highest BCUT2D eigenvalue weighted by Gasteiger charge is 2.19. The summed E-state index contributed by atoms with van der Waals surface area (Å²) in [6, 6.07) is 15.7. The largest absolute Gasteiger partial charge is 0.377 e. The normalized spacial score (nSPS) is 11.2. The molecule has 2 aromatic carbocycles. The van der Waals surface area contributed by atoms with Gasteiger partial charge in [-0.05, 0) is 34.7 Å². The Morgan fingerprint density at radius 1 is 1.00 bits per heavy atom. The molecule has 0 saturated carbocycles. The van der Waals surface area contributed by atoms with Crippen molar-refractivity contribution in [3.63, 3.8) is 0 Å². The lowest BCUT2D eigenvalue weighted by Gasteiger charge is -2.26. The number of nitrogens with one attached hydrogen (secondary N) is 1. The first-order chi connectivity index (χ1) is 14.6. The van der Waals surface area contributed by atoms with Crippen LogP contribution in [0.5, 0.6) is 0 Å². The fourth-order valence-corrected chi connectivity index (χ4v) is 3.37. The fraction of sp³-hybridized carbons (Fsp3) is 0.440. The Balaban J connectivity index is 2.30. The Labute approximate surface area is 186 Å². The van der Waals surface area contributed by atoms with Crippen molar-refractivity contribution in [3.05, 3.63) is 59.7 Å². The molecule has 0 bridgehead atoms. The van der Waals surface area contributed by atoms with Gasteiger partial charge in [-0.15, -0.1) is 0 Å². The van der Waals surface area contributed by atoms with Crippen molar-refractivity contribution in [2.75, 3.05) is 38.0 Å². The van der Waals surface area contributed by atoms with Gasteiger partial charge in [-0.2, -0.15) is 0 Å². The van der Waals surface area contributed by atoms with Gasteiger partial charge >= 0.3 is 0 Å². The summed E-state index contributed by atoms with van der Waals surface area (Å²) in [5, 5.41) is 3.00. The molecule has 0 atom stereocenters. The molecule has 31 heavy (non-hydrogen) atoms. The van der Waals surface area contributed by atoms with Crippen LogP contribution in [0, 0.1) is 5.41 Å². The Hall–Kier alpha value is -2.86. The molecule has 0 aliphatic carbocycles. The highest BCUT2D eigenvalue weighted by molar-refractivity contribution is 5.91. The van der Waals surface area contributed by atoms with E-state index >= 15 is 0 Å². The first kappa shape index (κ1) is 24.4. The number of carbonyl (C=O) groups is 2. The third kappa shape index (κ3) is 8.06. The van der Waals surface area contributed by atoms with Gasteiger partial charge in [0, 0.05) is 52.1 Å². The van der Waals surface area contributed by atoms with Crippen molar-refractivity contribution in [1.29, 1.82) is 0 Å². The van der Waals surface area contributed by atoms with E-state index < -0.39 is 0 Å². The Morgan fingerprint density at radius 2 is 1.68 bits per heavy atom. The summed E-state index contributed by atoms with van der Waals surface area (Å²) >= 11 is 0. The second-order valence-corrected chi connectivity index (χ2v) is 9.19. The van der Waals surface area contributed by atoms with E-state index in [1.54, 1.807) is 4.90 Å². The number of hydrogen-bond donors (Lipinski definition) is 1. The van der Waals surface area contributed by atoms with Gasteiger partial charge in [0.2, 0.25) is 11.8 Å². The first-order valence-electron chi connectivity index (χ1n) is 10.5. The second kappa shape index (κ2) is 11.0. The quantitative estimate of drug-likeness (QED) is 0.651. The average molecular weight is 426 g/mol. The van der Waals surface area contributed by atoms with Gasteiger partial charge in [-0.3, -0.25) is 9.59 Å². The maximum absolute atomic E-state index is 12.8. The molecule has 2 amide bonds. The number of methoxy groups -OCH3 is 1. The summed E-state index contributed by atoms with van der Waals surface area (Å²) in [5.41, 5.74) is 3.65. The van der Waals surface area contributed by atoms with Gasteiger partial charge in [0.1, 0.15) is 6.61 Å². The minimum atomic E-state index is -0.0878. The second-order valence-electron chi connectivity index (χ2n) is 9.19. The van der Waals surface area contributed by atoms with Crippen molar-refractivity contribution in [1.82, 2.24) is 4.90 Å². The molecular formula is C25H35N3O3. The zero-order valence-electron chi connectivity index (χ0n) is 19.6. The number of nitrogens with zero attached hydrogens (tertiary/aromatic N) is 2. The van der Waals surface area contributed by atoms with Crippen LogP contribution in [0.4, 0.5) is 11.4 Å². The highest BCUT2D eigenvalue weighted by Crippen LogP contribution is 2.26. The molecular weight excluding hydrogens is 390 g/mol. The summed E-state index contributed by atoms with van der Waals surface area (Å²) in [6.07, 6.45) is 0.435. The molecule has 168 valence electrons. The Kier molecular flexibility index (Phi) is 8.63. The third-order valence-corrected chi connectivity index (χ3v) is 4.73. The van der Waals surface area contributed by atoms with Crippen LogP contribution in [-0.4, -0.2) is 44.5 Å². The van der Waals surface area contributed by atoms with Crippen molar-refractivity contribution in [3.8, 4) is 0 Å². The number of ether oxygens (including phenoxy) is 1. The van der Waals surface area contributed by atoms with Crippen LogP contribution in [0.15, 0.2) is 48.5 Å². The molecule has 0 aromatic heterocycles. The Bertz CT molecular complexity index is 873. The van der Waals surface area contributed by atoms with Gasteiger partial charge in [0.15, 0.2) is 0 Å². The predicted molar refractivity (Wildman–Crippen MR) is 126 cm³/mol. The van der Waals surface area contributed by atoms with Crippen molar-refractivity contribution >= 4 is 23.2 Å². The average Bonchev–Trinajstić information content (AvgIpc) is 2.67. The minimum absolute atomic E-state index is 0.0200. The number of hydrogen-bond acceptors (Lipinski definition) is 4. The molecule has 6 nitrogen and oxygen atoms in total. The lowest BCUT2D eigenvalue weighted by molar-refractivity contribution is -0.136. The van der Waals surface area contributed by atoms with Crippen molar-refractivity contribution < 1.29 is 14.3 Å². The van der Waals surface area contributed by atoms with Crippen LogP contribution in [0.3, 0.4) is 0 Å². The van der Waals surface area contributed by atoms with Crippen molar-refractivity contribution in [2.24, 2.45) is 5.41 Å². The molecule has 0 aliphatic heterocycles. The van der Waals surface area contributed by atoms with E-state index in [0.717, 1.165) is 22.5 Å². The zero-order chi connectivity index (χ0) is 23.0. The number of benzene rings is 2. The van der Waals surface area contributed by atoms with E-state index in [2.05, 4.69) is 5.32 Å². The SMILES string of the molecule is COCC(=O)N(Cc1ccccc1)Cc1cc(NC(=O)CC(C)(C)C)ccc1N(C)C. The number of anilines is 2. The van der Waals surface area contributed by atoms with Gasteiger partial charge in [0.25, 0.3) is 0 Å². The van der Waals surface area contributed by atoms with Crippen LogP contribution in [-0.2, 0) is 27.4 Å². The molecule has 0 radical (unpaired) electrons. The van der Waals surface area contributed by atoms with E-state index in [1.165, 1.54) is 7.11 Å². The topological polar surface area (TPSA) is 61.9 Å². The standard InChI is InChI=1S/C25H35N3O3/c1-25(2,3)15-23(29)26-21-12-13-22(27(4)5)20(14-21)17-28(24(30)18-31-6)16-19-10-8-7-9-11-19/h7-14H,15-18H2,1-6H3,(H,26,29). The predicted octanol–water partition coefficient (Wildman–Crippen LogP) is 4.30. The summed E-state index contributed by atoms with van der Waals surface area (Å²) in [4.78, 5) is 29.0. The molecule has 0 aliphatic rings. The summed E-state index contributed by atoms with van der Waals surface area (Å²) in [7, 11) is 5.46. The zero-order valence-corrected chi connectivity index (χ0v) is 19.6. The van der Waals surface area contributed by atoms with E-state index in [0.29, 0.717) is 19.5 Å². The molecule has 0 fully saturated rings. The first-order valence-corrected chi connectivity index (χ1v) is 10.5. The summed E-state index contributed by atoms with van der Waals surface area (Å²) in [6.45, 7) is 7.03. The van der Waals surface area contributed by atoms with Gasteiger partial charge < -0.3 is 19.9 Å². The molecule has 0 spiro atoms. The van der Waals surface area contributed by atoms with E-state index in [1.807, 2.05) is 88.3 Å². The van der Waals surface area contributed by atoms with Crippen LogP contribution in [0.1, 0.15) is 38.3 Å². The van der Waals surface area contributed by atoms with Crippen LogP contribution < -0.4 is 10.2 Å². The number of rotatable bonds is 9. The van der Waals surface area contributed by atoms with Crippen molar-refractivity contribution in [2.45, 2.75) is 40.3 Å². The smallest absolute Gasteiger partial charge is 0.249 e. The van der Waals surface area contributed by atoms with E-state index in [4.69, 9.17) is 4.74 Å². The monoisotopic (exact) mass is 425 g/mol. The number of carbonyl (C=O) groups excluding carboxylic acids is 2. The molecule has 2 rings (SSSR count). The molecule has 1 N–H and O–H groups in total. The van der Waals surface area contributed by atoms with Crippen LogP contribution in [0.2, 0.25) is 0 Å². The summed E-state index contributed by atoms with van der Waals surface area (Å²) < 4.78 is 5.10. The number of amides is 2. The van der Waals surface area contributed by atoms with Crippen LogP contribution >= 0.6 is 0 Å². The third-order valence-electron chi connectivity index (χ3n) is 4.73. The van der Waals surface area contributed by atoms with Gasteiger partial charge in [-0.25, -0.2) is 0 Å². The highest BCUT2D eigenvalue weighted by atomic mass is 16.5. The van der Waals surface area contributed by atoms with E-state index in [-0.39, 0.29) is 23.8 Å². The van der Waals surface area contributed by atoms with E-state index in [9.17, 15) is 9.59 Å².